The molecule has 1 amide bonds. The van der Waals surface area contributed by atoms with E-state index in [0.29, 0.717) is 27.2 Å². The minimum absolute atomic E-state index is 0.165. The molecule has 0 aliphatic carbocycles. The molecule has 1 aromatic carbocycles. The molecule has 3 rings (SSSR count). The molecule has 2 aromatic heterocycles. The van der Waals surface area contributed by atoms with E-state index in [1.807, 2.05) is 13.0 Å². The van der Waals surface area contributed by atoms with Gasteiger partial charge in [0, 0.05) is 15.1 Å². The normalized spacial score (nSPS) is 10.7. The van der Waals surface area contributed by atoms with Crippen LogP contribution in [-0.4, -0.2) is 10.9 Å². The van der Waals surface area contributed by atoms with Gasteiger partial charge in [0.05, 0.1) is 10.7 Å². The summed E-state index contributed by atoms with van der Waals surface area (Å²) in [5, 5.41) is 3.68. The topological polar surface area (TPSA) is 55.1 Å². The Labute approximate surface area is 156 Å². The maximum absolute atomic E-state index is 12.3. The van der Waals surface area contributed by atoms with E-state index in [4.69, 9.17) is 27.6 Å². The Morgan fingerprint density at radius 3 is 2.67 bits per heavy atom. The molecule has 4 nitrogen and oxygen atoms in total. The summed E-state index contributed by atoms with van der Waals surface area (Å²) in [6.45, 7) is 1.84. The van der Waals surface area contributed by atoms with E-state index in [-0.39, 0.29) is 11.7 Å². The van der Waals surface area contributed by atoms with Gasteiger partial charge in [0.2, 0.25) is 0 Å². The smallest absolute Gasteiger partial charge is 0.292 e. The quantitative estimate of drug-likeness (QED) is 0.562. The van der Waals surface area contributed by atoms with Crippen molar-refractivity contribution in [1.82, 2.24) is 4.98 Å². The highest BCUT2D eigenvalue weighted by Gasteiger charge is 2.15. The molecule has 0 radical (unpaired) electrons. The zero-order chi connectivity index (χ0) is 17.3. The maximum atomic E-state index is 12.3. The molecular formula is C17H11BrCl2N2O2. The Hall–Kier alpha value is -1.82. The van der Waals surface area contributed by atoms with Crippen molar-refractivity contribution in [2.75, 3.05) is 5.32 Å². The molecule has 0 aliphatic heterocycles. The highest BCUT2D eigenvalue weighted by Crippen LogP contribution is 2.31. The van der Waals surface area contributed by atoms with Crippen LogP contribution in [0.1, 0.15) is 16.2 Å². The number of rotatable bonds is 3. The lowest BCUT2D eigenvalue weighted by molar-refractivity contribution is 0.0997. The molecule has 0 fully saturated rings. The van der Waals surface area contributed by atoms with Gasteiger partial charge in [-0.3, -0.25) is 4.79 Å². The Kier molecular flexibility index (Phi) is 4.94. The third-order valence-electron chi connectivity index (χ3n) is 3.29. The van der Waals surface area contributed by atoms with Gasteiger partial charge in [-0.2, -0.15) is 0 Å². The molecule has 1 N–H and O–H groups in total. The second kappa shape index (κ2) is 6.97. The summed E-state index contributed by atoms with van der Waals surface area (Å²) in [6, 6.07) is 11.9. The summed E-state index contributed by atoms with van der Waals surface area (Å²) >= 11 is 15.4. The van der Waals surface area contributed by atoms with Gasteiger partial charge in [-0.05, 0) is 65.3 Å². The van der Waals surface area contributed by atoms with E-state index in [1.165, 1.54) is 0 Å². The first-order valence-corrected chi connectivity index (χ1v) is 8.48. The second-order valence-electron chi connectivity index (χ2n) is 5.01. The lowest BCUT2D eigenvalue weighted by atomic mass is 10.2. The van der Waals surface area contributed by atoms with Crippen LogP contribution in [-0.2, 0) is 0 Å². The molecule has 0 bridgehead atoms. The summed E-state index contributed by atoms with van der Waals surface area (Å²) < 4.78 is 6.48. The SMILES string of the molecule is Cc1nc(NC(=O)c2ccc(-c3ccc(Cl)cc3Cl)o2)ccc1Br. The molecule has 0 unspecified atom stereocenters. The molecule has 0 atom stereocenters. The molecule has 24 heavy (non-hydrogen) atoms. The van der Waals surface area contributed by atoms with Gasteiger partial charge in [0.25, 0.3) is 5.91 Å². The predicted octanol–water partition coefficient (Wildman–Crippen LogP) is 5.97. The Morgan fingerprint density at radius 1 is 1.17 bits per heavy atom. The number of pyridine rings is 1. The Morgan fingerprint density at radius 2 is 1.96 bits per heavy atom. The number of carbonyl (C=O) groups excluding carboxylic acids is 1. The average molecular weight is 426 g/mol. The zero-order valence-corrected chi connectivity index (χ0v) is 15.5. The van der Waals surface area contributed by atoms with Gasteiger partial charge in [0.1, 0.15) is 11.6 Å². The van der Waals surface area contributed by atoms with Crippen molar-refractivity contribution >= 4 is 50.9 Å². The molecule has 2 heterocycles. The lowest BCUT2D eigenvalue weighted by Gasteiger charge is -2.05. The van der Waals surface area contributed by atoms with Crippen molar-refractivity contribution in [1.29, 1.82) is 0 Å². The molecule has 0 aliphatic rings. The first-order valence-electron chi connectivity index (χ1n) is 6.94. The maximum Gasteiger partial charge on any atom is 0.292 e. The summed E-state index contributed by atoms with van der Waals surface area (Å²) in [4.78, 5) is 16.6. The first-order chi connectivity index (χ1) is 11.4. The van der Waals surface area contributed by atoms with E-state index in [2.05, 4.69) is 26.2 Å². The van der Waals surface area contributed by atoms with Crippen LogP contribution in [0.5, 0.6) is 0 Å². The second-order valence-corrected chi connectivity index (χ2v) is 6.70. The average Bonchev–Trinajstić information content (AvgIpc) is 3.01. The van der Waals surface area contributed by atoms with Gasteiger partial charge in [0.15, 0.2) is 5.76 Å². The standard InChI is InChI=1S/C17H11BrCl2N2O2/c1-9-12(18)4-7-16(21-9)22-17(23)15-6-5-14(24-15)11-3-2-10(19)8-13(11)20/h2-8H,1H3,(H,21,22,23). The van der Waals surface area contributed by atoms with E-state index in [0.717, 1.165) is 10.2 Å². The molecule has 3 aromatic rings. The molecule has 122 valence electrons. The van der Waals surface area contributed by atoms with Crippen molar-refractivity contribution in [2.24, 2.45) is 0 Å². The van der Waals surface area contributed by atoms with Crippen LogP contribution >= 0.6 is 39.1 Å². The fourth-order valence-electron chi connectivity index (χ4n) is 2.09. The van der Waals surface area contributed by atoms with Crippen LogP contribution in [0.3, 0.4) is 0 Å². The molecule has 0 saturated heterocycles. The number of aromatic nitrogens is 1. The minimum Gasteiger partial charge on any atom is -0.451 e. The molecular weight excluding hydrogens is 415 g/mol. The van der Waals surface area contributed by atoms with Crippen LogP contribution in [0.25, 0.3) is 11.3 Å². The zero-order valence-electron chi connectivity index (χ0n) is 12.4. The van der Waals surface area contributed by atoms with E-state index < -0.39 is 0 Å². The van der Waals surface area contributed by atoms with Gasteiger partial charge in [-0.1, -0.05) is 23.2 Å². The number of halogens is 3. The van der Waals surface area contributed by atoms with Crippen molar-refractivity contribution in [3.05, 3.63) is 68.4 Å². The minimum atomic E-state index is -0.388. The molecule has 0 saturated carbocycles. The number of hydrogen-bond donors (Lipinski definition) is 1. The van der Waals surface area contributed by atoms with E-state index in [1.54, 1.807) is 36.4 Å². The fourth-order valence-corrected chi connectivity index (χ4v) is 2.81. The largest absolute Gasteiger partial charge is 0.451 e. The highest BCUT2D eigenvalue weighted by atomic mass is 79.9. The van der Waals surface area contributed by atoms with Gasteiger partial charge < -0.3 is 9.73 Å². The number of nitrogens with one attached hydrogen (secondary N) is 1. The third-order valence-corrected chi connectivity index (χ3v) is 4.68. The molecule has 7 heteroatoms. The Bertz CT molecular complexity index is 925. The van der Waals surface area contributed by atoms with Crippen LogP contribution < -0.4 is 5.32 Å². The van der Waals surface area contributed by atoms with Crippen LogP contribution in [0.15, 0.2) is 51.4 Å². The number of aryl methyl sites for hydroxylation is 1. The summed E-state index contributed by atoms with van der Waals surface area (Å²) in [5.74, 6) is 0.712. The number of furan rings is 1. The Balaban J connectivity index is 1.82. The highest BCUT2D eigenvalue weighted by molar-refractivity contribution is 9.10. The number of benzene rings is 1. The van der Waals surface area contributed by atoms with Gasteiger partial charge >= 0.3 is 0 Å². The summed E-state index contributed by atoms with van der Waals surface area (Å²) in [6.07, 6.45) is 0. The number of nitrogens with zero attached hydrogens (tertiary/aromatic N) is 1. The number of carbonyl (C=O) groups is 1. The van der Waals surface area contributed by atoms with Crippen molar-refractivity contribution in [2.45, 2.75) is 6.92 Å². The number of hydrogen-bond acceptors (Lipinski definition) is 3. The van der Waals surface area contributed by atoms with E-state index >= 15 is 0 Å². The predicted molar refractivity (Wildman–Crippen MR) is 98.8 cm³/mol. The van der Waals surface area contributed by atoms with Crippen LogP contribution in [0.4, 0.5) is 5.82 Å². The first kappa shape index (κ1) is 17.0. The van der Waals surface area contributed by atoms with Gasteiger partial charge in [-0.25, -0.2) is 4.98 Å². The monoisotopic (exact) mass is 424 g/mol. The van der Waals surface area contributed by atoms with Crippen molar-refractivity contribution in [3.63, 3.8) is 0 Å². The van der Waals surface area contributed by atoms with Gasteiger partial charge in [-0.15, -0.1) is 0 Å². The van der Waals surface area contributed by atoms with E-state index in [9.17, 15) is 4.79 Å². The summed E-state index contributed by atoms with van der Waals surface area (Å²) in [7, 11) is 0. The van der Waals surface area contributed by atoms with Crippen LogP contribution in [0.2, 0.25) is 10.0 Å². The molecule has 0 spiro atoms. The lowest BCUT2D eigenvalue weighted by Crippen LogP contribution is -2.12. The number of anilines is 1. The van der Waals surface area contributed by atoms with Crippen molar-refractivity contribution < 1.29 is 9.21 Å². The fraction of sp³-hybridized carbons (Fsp3) is 0.0588. The summed E-state index contributed by atoms with van der Waals surface area (Å²) in [5.41, 5.74) is 1.44. The van der Waals surface area contributed by atoms with Crippen molar-refractivity contribution in [3.8, 4) is 11.3 Å². The van der Waals surface area contributed by atoms with Crippen LogP contribution in [0, 0.1) is 6.92 Å². The number of amides is 1. The third kappa shape index (κ3) is 3.64.